The first kappa shape index (κ1) is 10.2. The monoisotopic (exact) mass is 213 g/mol. The lowest BCUT2D eigenvalue weighted by molar-refractivity contribution is 0.131. The Bertz CT molecular complexity index is 260. The smallest absolute Gasteiger partial charge is 0.300 e. The number of nitrogens with zero attached hydrogens (tertiary/aromatic N) is 1. The lowest BCUT2D eigenvalue weighted by Gasteiger charge is -2.23. The van der Waals surface area contributed by atoms with E-state index < -0.39 is 9.24 Å². The van der Waals surface area contributed by atoms with Crippen molar-refractivity contribution in [1.82, 2.24) is 4.31 Å². The zero-order chi connectivity index (χ0) is 9.41. The van der Waals surface area contributed by atoms with Crippen LogP contribution in [0.5, 0.6) is 0 Å². The van der Waals surface area contributed by atoms with Crippen molar-refractivity contribution in [3.63, 3.8) is 0 Å². The van der Waals surface area contributed by atoms with Crippen LogP contribution >= 0.6 is 10.7 Å². The number of rotatable bonds is 4. The average molecular weight is 214 g/mol. The Morgan fingerprint density at radius 3 is 2.33 bits per heavy atom. The largest absolute Gasteiger partial charge is 0.383 e. The van der Waals surface area contributed by atoms with Crippen LogP contribution in [-0.2, 0) is 14.0 Å². The van der Waals surface area contributed by atoms with E-state index in [1.54, 1.807) is 7.11 Å². The van der Waals surface area contributed by atoms with Gasteiger partial charge < -0.3 is 4.74 Å². The molecule has 0 aromatic heterocycles. The lowest BCUT2D eigenvalue weighted by Crippen LogP contribution is -2.39. The second-order valence-corrected chi connectivity index (χ2v) is 5.61. The van der Waals surface area contributed by atoms with Crippen molar-refractivity contribution in [2.24, 2.45) is 0 Å². The van der Waals surface area contributed by atoms with Crippen LogP contribution in [0.1, 0.15) is 12.8 Å². The summed E-state index contributed by atoms with van der Waals surface area (Å²) in [7, 11) is 4.62. The van der Waals surface area contributed by atoms with Crippen LogP contribution in [-0.4, -0.2) is 39.0 Å². The summed E-state index contributed by atoms with van der Waals surface area (Å²) in [5, 5.41) is 0. The van der Waals surface area contributed by atoms with Crippen LogP contribution in [0.2, 0.25) is 0 Å². The Kier molecular flexibility index (Phi) is 2.68. The van der Waals surface area contributed by atoms with Gasteiger partial charge in [-0.3, -0.25) is 0 Å². The molecule has 1 aliphatic rings. The van der Waals surface area contributed by atoms with Crippen LogP contribution in [0.25, 0.3) is 0 Å². The van der Waals surface area contributed by atoms with Crippen molar-refractivity contribution in [3.8, 4) is 0 Å². The maximum atomic E-state index is 10.9. The fourth-order valence-corrected chi connectivity index (χ4v) is 2.33. The van der Waals surface area contributed by atoms with Gasteiger partial charge in [-0.1, -0.05) is 0 Å². The molecule has 0 radical (unpaired) electrons. The Morgan fingerprint density at radius 2 is 2.08 bits per heavy atom. The number of halogens is 1. The molecule has 12 heavy (non-hydrogen) atoms. The third kappa shape index (κ3) is 1.90. The van der Waals surface area contributed by atoms with Crippen molar-refractivity contribution in [3.05, 3.63) is 0 Å². The molecule has 4 nitrogen and oxygen atoms in total. The number of hydrogen-bond donors (Lipinski definition) is 0. The Morgan fingerprint density at radius 1 is 1.58 bits per heavy atom. The summed E-state index contributed by atoms with van der Waals surface area (Å²) >= 11 is 0. The van der Waals surface area contributed by atoms with E-state index >= 15 is 0 Å². The Balaban J connectivity index is 2.70. The summed E-state index contributed by atoms with van der Waals surface area (Å²) in [4.78, 5) is 0. The molecule has 0 bridgehead atoms. The maximum Gasteiger partial charge on any atom is 0.300 e. The SMILES string of the molecule is COCC1(N(C)S(=O)(=O)Cl)CC1. The summed E-state index contributed by atoms with van der Waals surface area (Å²) in [6.45, 7) is 0.412. The molecule has 0 saturated heterocycles. The molecule has 0 atom stereocenters. The normalized spacial score (nSPS) is 21.3. The van der Waals surface area contributed by atoms with Crippen LogP contribution in [0.4, 0.5) is 0 Å². The molecule has 0 heterocycles. The fourth-order valence-electron chi connectivity index (χ4n) is 1.19. The van der Waals surface area contributed by atoms with Crippen molar-refractivity contribution in [1.29, 1.82) is 0 Å². The Labute approximate surface area is 77.0 Å². The van der Waals surface area contributed by atoms with Gasteiger partial charge in [0.15, 0.2) is 0 Å². The highest BCUT2D eigenvalue weighted by molar-refractivity contribution is 8.11. The van der Waals surface area contributed by atoms with Crippen LogP contribution in [0.15, 0.2) is 0 Å². The van der Waals surface area contributed by atoms with Crippen molar-refractivity contribution >= 4 is 19.9 Å². The van der Waals surface area contributed by atoms with E-state index in [0.29, 0.717) is 6.61 Å². The first-order valence-corrected chi connectivity index (χ1v) is 5.86. The van der Waals surface area contributed by atoms with Gasteiger partial charge in [0.2, 0.25) is 0 Å². The molecule has 0 aromatic carbocycles. The van der Waals surface area contributed by atoms with Crippen LogP contribution < -0.4 is 0 Å². The minimum absolute atomic E-state index is 0.366. The summed E-state index contributed by atoms with van der Waals surface area (Å²) in [5.74, 6) is 0. The molecule has 0 N–H and O–H groups in total. The average Bonchev–Trinajstić information content (AvgIpc) is 2.67. The second kappa shape index (κ2) is 3.14. The van der Waals surface area contributed by atoms with Gasteiger partial charge >= 0.3 is 0 Å². The molecule has 0 aromatic rings. The zero-order valence-corrected chi connectivity index (χ0v) is 8.65. The third-order valence-electron chi connectivity index (χ3n) is 2.24. The zero-order valence-electron chi connectivity index (χ0n) is 7.08. The van der Waals surface area contributed by atoms with E-state index in [4.69, 9.17) is 15.4 Å². The molecule has 0 spiro atoms. The summed E-state index contributed by atoms with van der Waals surface area (Å²) in [5.41, 5.74) is -0.366. The summed E-state index contributed by atoms with van der Waals surface area (Å²) in [6, 6.07) is 0. The van der Waals surface area contributed by atoms with Gasteiger partial charge in [0.25, 0.3) is 9.24 Å². The van der Waals surface area contributed by atoms with Crippen molar-refractivity contribution < 1.29 is 13.2 Å². The predicted molar refractivity (Wildman–Crippen MR) is 46.4 cm³/mol. The number of likely N-dealkylation sites (N-methyl/N-ethyl adjacent to an activating group) is 1. The number of hydrogen-bond acceptors (Lipinski definition) is 3. The minimum atomic E-state index is -3.59. The first-order chi connectivity index (χ1) is 5.42. The lowest BCUT2D eigenvalue weighted by atomic mass is 10.3. The first-order valence-electron chi connectivity index (χ1n) is 3.60. The molecule has 0 aliphatic heterocycles. The summed E-state index contributed by atoms with van der Waals surface area (Å²) in [6.07, 6.45) is 1.65. The molecule has 0 unspecified atom stereocenters. The fraction of sp³-hybridized carbons (Fsp3) is 1.00. The highest BCUT2D eigenvalue weighted by atomic mass is 35.7. The summed E-state index contributed by atoms with van der Waals surface area (Å²) < 4.78 is 28.0. The van der Waals surface area contributed by atoms with Gasteiger partial charge in [-0.25, -0.2) is 0 Å². The van der Waals surface area contributed by atoms with Gasteiger partial charge in [-0.05, 0) is 12.8 Å². The molecule has 72 valence electrons. The molecule has 6 heteroatoms. The standard InChI is InChI=1S/C6H12ClNO3S/c1-8(12(7,9)10)6(3-4-6)5-11-2/h3-5H2,1-2H3. The maximum absolute atomic E-state index is 10.9. The molecule has 1 rings (SSSR count). The van der Waals surface area contributed by atoms with E-state index in [9.17, 15) is 8.42 Å². The van der Waals surface area contributed by atoms with E-state index in [2.05, 4.69) is 0 Å². The van der Waals surface area contributed by atoms with Gasteiger partial charge in [0, 0.05) is 24.8 Å². The molecule has 1 fully saturated rings. The van der Waals surface area contributed by atoms with E-state index in [-0.39, 0.29) is 5.54 Å². The van der Waals surface area contributed by atoms with Crippen molar-refractivity contribution in [2.75, 3.05) is 20.8 Å². The van der Waals surface area contributed by atoms with E-state index in [1.165, 1.54) is 11.4 Å². The van der Waals surface area contributed by atoms with Gasteiger partial charge in [-0.2, -0.15) is 12.7 Å². The van der Waals surface area contributed by atoms with Gasteiger partial charge in [-0.15, -0.1) is 0 Å². The highest BCUT2D eigenvalue weighted by Gasteiger charge is 2.50. The van der Waals surface area contributed by atoms with Crippen LogP contribution in [0.3, 0.4) is 0 Å². The van der Waals surface area contributed by atoms with Gasteiger partial charge in [0.1, 0.15) is 0 Å². The second-order valence-electron chi connectivity index (χ2n) is 3.07. The van der Waals surface area contributed by atoms with Crippen LogP contribution in [0, 0.1) is 0 Å². The van der Waals surface area contributed by atoms with Gasteiger partial charge in [0.05, 0.1) is 12.1 Å². The topological polar surface area (TPSA) is 46.6 Å². The molecular formula is C6H12ClNO3S. The molecular weight excluding hydrogens is 202 g/mol. The predicted octanol–water partition coefficient (Wildman–Crippen LogP) is 0.581. The number of ether oxygens (including phenoxy) is 1. The third-order valence-corrected chi connectivity index (χ3v) is 3.90. The van der Waals surface area contributed by atoms with E-state index in [0.717, 1.165) is 12.8 Å². The van der Waals surface area contributed by atoms with E-state index in [1.807, 2.05) is 0 Å². The highest BCUT2D eigenvalue weighted by Crippen LogP contribution is 2.43. The Hall–Kier alpha value is 0.160. The minimum Gasteiger partial charge on any atom is -0.383 e. The number of methoxy groups -OCH3 is 1. The van der Waals surface area contributed by atoms with Crippen molar-refractivity contribution in [2.45, 2.75) is 18.4 Å². The molecule has 0 amide bonds. The molecule has 1 saturated carbocycles. The quantitative estimate of drug-likeness (QED) is 0.642. The molecule has 1 aliphatic carbocycles.